The Morgan fingerprint density at radius 3 is 1.26 bits per heavy atom. The quantitative estimate of drug-likeness (QED) is 0.0291. The monoisotopic (exact) mass is 1010 g/mol. The molecule has 0 bridgehead atoms. The lowest BCUT2D eigenvalue weighted by Gasteiger charge is -2.46. The Morgan fingerprint density at radius 2 is 0.843 bits per heavy atom. The molecule has 2 rings (SSSR count). The Kier molecular flexibility index (Phi) is 38.3. The molecule has 0 unspecified atom stereocenters. The summed E-state index contributed by atoms with van der Waals surface area (Å²) in [4.78, 5) is 13.3. The summed E-state index contributed by atoms with van der Waals surface area (Å²) < 4.78 is 22.6. The van der Waals surface area contributed by atoms with Crippen molar-refractivity contribution in [2.24, 2.45) is 0 Å². The van der Waals surface area contributed by atoms with E-state index in [9.17, 15) is 55.9 Å². The normalized spacial score (nSPS) is 26.8. The van der Waals surface area contributed by atoms with Gasteiger partial charge >= 0.3 is 0 Å². The zero-order chi connectivity index (χ0) is 51.4. The average molecular weight is 1010 g/mol. The molecule has 2 saturated heterocycles. The van der Waals surface area contributed by atoms with Gasteiger partial charge in [0.05, 0.1) is 32.0 Å². The van der Waals surface area contributed by atoms with Crippen LogP contribution < -0.4 is 5.32 Å². The summed E-state index contributed by atoms with van der Waals surface area (Å²) in [6, 6.07) is -1.27. The van der Waals surface area contributed by atoms with Gasteiger partial charge in [-0.15, -0.1) is 0 Å². The minimum Gasteiger partial charge on any atom is -0.394 e. The van der Waals surface area contributed by atoms with Crippen molar-refractivity contribution in [2.75, 3.05) is 19.8 Å². The van der Waals surface area contributed by atoms with E-state index >= 15 is 0 Å². The van der Waals surface area contributed by atoms with E-state index in [1.54, 1.807) is 0 Å². The highest BCUT2D eigenvalue weighted by molar-refractivity contribution is 5.80. The maximum Gasteiger partial charge on any atom is 0.249 e. The highest BCUT2D eigenvalue weighted by Crippen LogP contribution is 2.30. The molecule has 0 aromatic heterocycles. The van der Waals surface area contributed by atoms with E-state index in [0.29, 0.717) is 12.8 Å². The van der Waals surface area contributed by atoms with Gasteiger partial charge in [-0.2, -0.15) is 0 Å². The minimum absolute atomic E-state index is 0.209. The maximum atomic E-state index is 13.3. The highest BCUT2D eigenvalue weighted by Gasteiger charge is 2.51. The topological polar surface area (TPSA) is 268 Å². The van der Waals surface area contributed by atoms with Crippen LogP contribution >= 0.6 is 0 Å². The van der Waals surface area contributed by atoms with Crippen molar-refractivity contribution in [3.63, 3.8) is 0 Å². The molecule has 11 N–H and O–H groups in total. The molecule has 416 valence electrons. The van der Waals surface area contributed by atoms with E-state index in [2.05, 4.69) is 19.2 Å². The van der Waals surface area contributed by atoms with Crippen LogP contribution in [0.2, 0.25) is 0 Å². The van der Waals surface area contributed by atoms with Crippen molar-refractivity contribution >= 4 is 5.91 Å². The molecule has 0 saturated carbocycles. The second-order valence-electron chi connectivity index (χ2n) is 20.7. The van der Waals surface area contributed by atoms with Crippen molar-refractivity contribution in [2.45, 2.75) is 318 Å². The number of amides is 1. The van der Waals surface area contributed by atoms with Crippen molar-refractivity contribution < 1.29 is 74.8 Å². The summed E-state index contributed by atoms with van der Waals surface area (Å²) in [5, 5.41) is 109. The molecule has 0 aliphatic carbocycles. The van der Waals surface area contributed by atoms with E-state index < -0.39 is 111 Å². The molecule has 0 aromatic rings. The molecule has 1 amide bonds. The lowest BCUT2D eigenvalue weighted by Crippen LogP contribution is -2.65. The Balaban J connectivity index is 1.83. The first-order chi connectivity index (χ1) is 33.9. The predicted octanol–water partition coefficient (Wildman–Crippen LogP) is 6.50. The van der Waals surface area contributed by atoms with E-state index in [1.807, 2.05) is 0 Å². The molecular weight excluding hydrogens is 903 g/mol. The summed E-state index contributed by atoms with van der Waals surface area (Å²) in [6.45, 7) is 2.44. The third kappa shape index (κ3) is 26.9. The first-order valence-electron chi connectivity index (χ1n) is 28.5. The van der Waals surface area contributed by atoms with E-state index in [4.69, 9.17) is 18.9 Å². The number of hydrogen-bond acceptors (Lipinski definition) is 15. The zero-order valence-electron chi connectivity index (χ0n) is 43.8. The molecule has 16 heteroatoms. The van der Waals surface area contributed by atoms with Crippen LogP contribution in [-0.4, -0.2) is 163 Å². The molecular formula is C54H105NO15. The summed E-state index contributed by atoms with van der Waals surface area (Å²) in [6.07, 6.45) is 18.3. The first kappa shape index (κ1) is 65.0. The lowest BCUT2D eigenvalue weighted by molar-refractivity contribution is -0.359. The van der Waals surface area contributed by atoms with Crippen LogP contribution in [0.5, 0.6) is 0 Å². The number of aliphatic hydroxyl groups excluding tert-OH is 10. The van der Waals surface area contributed by atoms with Gasteiger partial charge in [0.1, 0.15) is 61.0 Å². The Bertz CT molecular complexity index is 1220. The second-order valence-corrected chi connectivity index (χ2v) is 20.7. The van der Waals surface area contributed by atoms with Gasteiger partial charge in [0.25, 0.3) is 0 Å². The van der Waals surface area contributed by atoms with Crippen LogP contribution in [0.3, 0.4) is 0 Å². The third-order valence-electron chi connectivity index (χ3n) is 14.5. The van der Waals surface area contributed by atoms with Crippen LogP contribution in [0.25, 0.3) is 0 Å². The van der Waals surface area contributed by atoms with Gasteiger partial charge in [0.15, 0.2) is 12.6 Å². The molecule has 70 heavy (non-hydrogen) atoms. The summed E-state index contributed by atoms with van der Waals surface area (Å²) in [5.41, 5.74) is 0. The van der Waals surface area contributed by atoms with Crippen LogP contribution in [0.1, 0.15) is 232 Å². The Hall–Kier alpha value is -1.09. The molecule has 14 atom stereocenters. The van der Waals surface area contributed by atoms with Gasteiger partial charge < -0.3 is 75.3 Å². The Labute approximate surface area is 422 Å². The largest absolute Gasteiger partial charge is 0.394 e. The third-order valence-corrected chi connectivity index (χ3v) is 14.5. The van der Waals surface area contributed by atoms with Gasteiger partial charge in [-0.3, -0.25) is 4.79 Å². The fourth-order valence-electron chi connectivity index (χ4n) is 9.75. The van der Waals surface area contributed by atoms with Crippen molar-refractivity contribution in [1.82, 2.24) is 5.32 Å². The van der Waals surface area contributed by atoms with Crippen molar-refractivity contribution in [3.05, 3.63) is 0 Å². The fraction of sp³-hybridized carbons (Fsp3) is 0.981. The predicted molar refractivity (Wildman–Crippen MR) is 271 cm³/mol. The number of ether oxygens (including phenoxy) is 4. The lowest BCUT2D eigenvalue weighted by atomic mass is 9.97. The maximum absolute atomic E-state index is 13.3. The number of carbonyl (C=O) groups excluding carboxylic acids is 1. The molecule has 0 spiro atoms. The molecule has 2 aliphatic heterocycles. The molecule has 16 nitrogen and oxygen atoms in total. The summed E-state index contributed by atoms with van der Waals surface area (Å²) in [5.74, 6) is -0.755. The van der Waals surface area contributed by atoms with Gasteiger partial charge in [0, 0.05) is 0 Å². The van der Waals surface area contributed by atoms with Crippen LogP contribution in [0.4, 0.5) is 0 Å². The summed E-state index contributed by atoms with van der Waals surface area (Å²) >= 11 is 0. The van der Waals surface area contributed by atoms with Gasteiger partial charge in [-0.05, 0) is 12.8 Å². The smallest absolute Gasteiger partial charge is 0.249 e. The number of hydrogen-bond donors (Lipinski definition) is 11. The zero-order valence-corrected chi connectivity index (χ0v) is 43.8. The van der Waals surface area contributed by atoms with E-state index in [0.717, 1.165) is 44.9 Å². The van der Waals surface area contributed by atoms with Crippen LogP contribution in [-0.2, 0) is 23.7 Å². The second kappa shape index (κ2) is 41.2. The number of aliphatic hydroxyl groups is 10. The molecule has 2 aliphatic rings. The molecule has 0 radical (unpaired) electrons. The summed E-state index contributed by atoms with van der Waals surface area (Å²) in [7, 11) is 0. The number of nitrogens with one attached hydrogen (secondary N) is 1. The average Bonchev–Trinajstić information content (AvgIpc) is 3.36. The van der Waals surface area contributed by atoms with Gasteiger partial charge in [0.2, 0.25) is 5.91 Å². The highest BCUT2D eigenvalue weighted by atomic mass is 16.7. The standard InChI is InChI=1S/C54H105NO15/c1-3-5-7-9-11-13-15-17-18-19-20-21-22-23-24-26-28-30-32-34-36-42(59)52(66)55-40(45(60)41(58)35-33-31-29-27-25-16-14-12-10-8-6-4-2)39-67-53-50(65)48(63)51(44(38-57)69-53)70-54-49(64)47(62)46(61)43(37-56)68-54/h40-51,53-54,56-65H,3-39H2,1-2H3,(H,55,66)/t40-,41+,42+,43+,44+,45-,46-,47-,48+,49+,50+,51+,53+,54-/m0/s1. The first-order valence-corrected chi connectivity index (χ1v) is 28.5. The number of carbonyl (C=O) groups is 1. The molecule has 2 heterocycles. The molecule has 0 aromatic carbocycles. The SMILES string of the molecule is CCCCCCCCCCCCCCCCCCCCCC[C@@H](O)C(=O)N[C@@H](CO[C@@H]1O[C@H](CO)[C@@H](O[C@@H]2O[C@H](CO)[C@H](O)[C@H](O)[C@H]2O)[C@H](O)[C@H]1O)[C@H](O)[C@H](O)CCCCCCCCCCCCCC. The number of unbranched alkanes of at least 4 members (excludes halogenated alkanes) is 30. The van der Waals surface area contributed by atoms with Crippen molar-refractivity contribution in [1.29, 1.82) is 0 Å². The number of rotatable bonds is 45. The van der Waals surface area contributed by atoms with Gasteiger partial charge in [-0.1, -0.05) is 219 Å². The van der Waals surface area contributed by atoms with Crippen LogP contribution in [0, 0.1) is 0 Å². The fourth-order valence-corrected chi connectivity index (χ4v) is 9.75. The molecule has 2 fully saturated rings. The van der Waals surface area contributed by atoms with E-state index in [-0.39, 0.29) is 12.8 Å². The Morgan fingerprint density at radius 1 is 0.471 bits per heavy atom. The van der Waals surface area contributed by atoms with Crippen molar-refractivity contribution in [3.8, 4) is 0 Å². The van der Waals surface area contributed by atoms with Gasteiger partial charge in [-0.25, -0.2) is 0 Å². The van der Waals surface area contributed by atoms with E-state index in [1.165, 1.54) is 148 Å². The minimum atomic E-state index is -1.85. The van der Waals surface area contributed by atoms with Crippen LogP contribution in [0.15, 0.2) is 0 Å².